The zero-order chi connectivity index (χ0) is 18.3. The van der Waals surface area contributed by atoms with Gasteiger partial charge >= 0.3 is 0 Å². The first kappa shape index (κ1) is 17.7. The number of likely N-dealkylation sites (tertiary alicyclic amines) is 1. The maximum Gasteiger partial charge on any atom is 0.254 e. The highest BCUT2D eigenvalue weighted by molar-refractivity contribution is 6.31. The Kier molecular flexibility index (Phi) is 4.65. The number of halogens is 2. The van der Waals surface area contributed by atoms with Crippen LogP contribution in [0.3, 0.4) is 0 Å². The van der Waals surface area contributed by atoms with Crippen LogP contribution < -0.4 is 5.32 Å². The van der Waals surface area contributed by atoms with Crippen molar-refractivity contribution in [2.45, 2.75) is 31.3 Å². The van der Waals surface area contributed by atoms with E-state index < -0.39 is 5.82 Å². The Morgan fingerprint density at radius 1 is 1.31 bits per heavy atom. The number of amides is 2. The second-order valence-corrected chi connectivity index (χ2v) is 8.21. The zero-order valence-corrected chi connectivity index (χ0v) is 15.2. The maximum atomic E-state index is 13.2. The van der Waals surface area contributed by atoms with Gasteiger partial charge in [0.1, 0.15) is 11.4 Å². The lowest BCUT2D eigenvalue weighted by molar-refractivity contribution is -0.122. The van der Waals surface area contributed by atoms with Gasteiger partial charge in [-0.15, -0.1) is 0 Å². The predicted molar refractivity (Wildman–Crippen MR) is 94.5 cm³/mol. The number of hydrogen-bond donors (Lipinski definition) is 1. The van der Waals surface area contributed by atoms with Crippen molar-refractivity contribution < 1.29 is 18.7 Å². The fraction of sp³-hybridized carbons (Fsp3) is 0.579. The Balaban J connectivity index is 1.26. The van der Waals surface area contributed by atoms with Crippen molar-refractivity contribution in [1.82, 2.24) is 10.2 Å². The normalized spacial score (nSPS) is 23.8. The topological polar surface area (TPSA) is 58.6 Å². The molecule has 1 aromatic rings. The van der Waals surface area contributed by atoms with Gasteiger partial charge in [-0.05, 0) is 49.3 Å². The maximum absolute atomic E-state index is 13.2. The van der Waals surface area contributed by atoms with Gasteiger partial charge in [0.05, 0.1) is 24.7 Å². The number of benzene rings is 1. The summed E-state index contributed by atoms with van der Waals surface area (Å²) in [5, 5.41) is 2.94. The van der Waals surface area contributed by atoms with E-state index >= 15 is 0 Å². The van der Waals surface area contributed by atoms with Crippen molar-refractivity contribution in [3.8, 4) is 0 Å². The Hall–Kier alpha value is -1.66. The molecule has 2 heterocycles. The lowest BCUT2D eigenvalue weighted by atomic mass is 9.85. The quantitative estimate of drug-likeness (QED) is 0.854. The van der Waals surface area contributed by atoms with Crippen molar-refractivity contribution in [3.63, 3.8) is 0 Å². The molecule has 3 aliphatic rings. The SMILES string of the molecule is O=C(CC1COC2(C1)CN(C(=O)c1ccc(F)c(Cl)c1)C2)NCC1CC1. The predicted octanol–water partition coefficient (Wildman–Crippen LogP) is 2.63. The second kappa shape index (κ2) is 6.82. The van der Waals surface area contributed by atoms with Gasteiger partial charge in [0.25, 0.3) is 5.91 Å². The van der Waals surface area contributed by atoms with Crippen LogP contribution in [0.1, 0.15) is 36.0 Å². The molecule has 0 bridgehead atoms. The summed E-state index contributed by atoms with van der Waals surface area (Å²) in [6.45, 7) is 2.35. The number of carbonyl (C=O) groups excluding carboxylic acids is 2. The summed E-state index contributed by atoms with van der Waals surface area (Å²) in [4.78, 5) is 26.1. The van der Waals surface area contributed by atoms with Crippen LogP contribution >= 0.6 is 11.6 Å². The lowest BCUT2D eigenvalue weighted by Crippen LogP contribution is -2.63. The molecule has 0 radical (unpaired) electrons. The molecule has 7 heteroatoms. The van der Waals surface area contributed by atoms with Gasteiger partial charge in [0.15, 0.2) is 0 Å². The smallest absolute Gasteiger partial charge is 0.254 e. The molecule has 1 aliphatic carbocycles. The van der Waals surface area contributed by atoms with Crippen molar-refractivity contribution >= 4 is 23.4 Å². The van der Waals surface area contributed by atoms with Gasteiger partial charge in [-0.1, -0.05) is 11.6 Å². The fourth-order valence-electron chi connectivity index (χ4n) is 3.81. The Morgan fingerprint density at radius 3 is 2.77 bits per heavy atom. The average molecular weight is 381 g/mol. The molecule has 5 nitrogen and oxygen atoms in total. The van der Waals surface area contributed by atoms with E-state index in [2.05, 4.69) is 5.32 Å². The highest BCUT2D eigenvalue weighted by Crippen LogP contribution is 2.39. The zero-order valence-electron chi connectivity index (χ0n) is 14.5. The van der Waals surface area contributed by atoms with E-state index in [9.17, 15) is 14.0 Å². The minimum atomic E-state index is -0.537. The first-order valence-electron chi connectivity index (χ1n) is 9.09. The fourth-order valence-corrected chi connectivity index (χ4v) is 3.99. The largest absolute Gasteiger partial charge is 0.371 e. The summed E-state index contributed by atoms with van der Waals surface area (Å²) in [5.74, 6) is 0.260. The van der Waals surface area contributed by atoms with Gasteiger partial charge in [0.2, 0.25) is 5.91 Å². The Bertz CT molecular complexity index is 731. The Morgan fingerprint density at radius 2 is 2.08 bits per heavy atom. The van der Waals surface area contributed by atoms with Crippen LogP contribution in [0.15, 0.2) is 18.2 Å². The molecule has 2 saturated heterocycles. The minimum Gasteiger partial charge on any atom is -0.371 e. The molecule has 3 fully saturated rings. The number of hydrogen-bond acceptors (Lipinski definition) is 3. The van der Waals surface area contributed by atoms with Gasteiger partial charge in [-0.2, -0.15) is 0 Å². The van der Waals surface area contributed by atoms with E-state index in [1.54, 1.807) is 4.90 Å². The molecule has 1 aromatic carbocycles. The average Bonchev–Trinajstić information content (AvgIpc) is 3.32. The number of rotatable bonds is 5. The van der Waals surface area contributed by atoms with Crippen LogP contribution in [0.25, 0.3) is 0 Å². The van der Waals surface area contributed by atoms with Crippen LogP contribution in [0.2, 0.25) is 5.02 Å². The first-order chi connectivity index (χ1) is 12.4. The third kappa shape index (κ3) is 3.71. The van der Waals surface area contributed by atoms with Crippen molar-refractivity contribution in [3.05, 3.63) is 34.6 Å². The molecule has 1 N–H and O–H groups in total. The van der Waals surface area contributed by atoms with E-state index in [1.165, 1.54) is 31.0 Å². The van der Waals surface area contributed by atoms with E-state index in [0.29, 0.717) is 37.6 Å². The standard InChI is InChI=1S/C19H22ClFN2O3/c20-15-6-14(3-4-16(15)21)18(25)23-10-19(11-23)7-13(9-26-19)5-17(24)22-8-12-1-2-12/h3-4,6,12-13H,1-2,5,7-11H2,(H,22,24). The number of carbonyl (C=O) groups is 2. The van der Waals surface area contributed by atoms with Crippen LogP contribution in [0.5, 0.6) is 0 Å². The summed E-state index contributed by atoms with van der Waals surface area (Å²) >= 11 is 5.75. The van der Waals surface area contributed by atoms with Crippen LogP contribution in [-0.4, -0.2) is 48.6 Å². The van der Waals surface area contributed by atoms with Crippen molar-refractivity contribution in [2.24, 2.45) is 11.8 Å². The third-order valence-electron chi connectivity index (χ3n) is 5.46. The van der Waals surface area contributed by atoms with Crippen LogP contribution in [-0.2, 0) is 9.53 Å². The van der Waals surface area contributed by atoms with Crippen LogP contribution in [0.4, 0.5) is 4.39 Å². The molecule has 1 saturated carbocycles. The summed E-state index contributed by atoms with van der Waals surface area (Å²) in [6.07, 6.45) is 3.71. The highest BCUT2D eigenvalue weighted by atomic mass is 35.5. The number of ether oxygens (including phenoxy) is 1. The molecule has 2 aliphatic heterocycles. The van der Waals surface area contributed by atoms with Gasteiger partial charge in [-0.3, -0.25) is 9.59 Å². The molecular formula is C19H22ClFN2O3. The van der Waals surface area contributed by atoms with E-state index in [-0.39, 0.29) is 28.4 Å². The summed E-state index contributed by atoms with van der Waals surface area (Å²) in [5.41, 5.74) is 0.0428. The summed E-state index contributed by atoms with van der Waals surface area (Å²) in [7, 11) is 0. The minimum absolute atomic E-state index is 0.0551. The van der Waals surface area contributed by atoms with E-state index in [4.69, 9.17) is 16.3 Å². The molecule has 1 spiro atoms. The van der Waals surface area contributed by atoms with Gasteiger partial charge in [-0.25, -0.2) is 4.39 Å². The van der Waals surface area contributed by atoms with Gasteiger partial charge < -0.3 is 15.0 Å². The van der Waals surface area contributed by atoms with Crippen molar-refractivity contribution in [1.29, 1.82) is 0 Å². The van der Waals surface area contributed by atoms with E-state index in [1.807, 2.05) is 0 Å². The summed E-state index contributed by atoms with van der Waals surface area (Å²) < 4.78 is 19.2. The third-order valence-corrected chi connectivity index (χ3v) is 5.75. The Labute approximate surface area is 156 Å². The molecule has 1 unspecified atom stereocenters. The molecule has 26 heavy (non-hydrogen) atoms. The number of nitrogens with one attached hydrogen (secondary N) is 1. The second-order valence-electron chi connectivity index (χ2n) is 7.81. The molecule has 0 aromatic heterocycles. The lowest BCUT2D eigenvalue weighted by Gasteiger charge is -2.47. The first-order valence-corrected chi connectivity index (χ1v) is 9.47. The highest BCUT2D eigenvalue weighted by Gasteiger charge is 2.51. The van der Waals surface area contributed by atoms with E-state index in [0.717, 1.165) is 13.0 Å². The van der Waals surface area contributed by atoms with Crippen molar-refractivity contribution in [2.75, 3.05) is 26.2 Å². The monoisotopic (exact) mass is 380 g/mol. The molecular weight excluding hydrogens is 359 g/mol. The summed E-state index contributed by atoms with van der Waals surface area (Å²) in [6, 6.07) is 4.00. The molecule has 2 amide bonds. The number of nitrogens with zero attached hydrogens (tertiary/aromatic N) is 1. The molecule has 1 atom stereocenters. The molecule has 140 valence electrons. The van der Waals surface area contributed by atoms with Gasteiger partial charge in [0, 0.05) is 18.5 Å². The molecule has 4 rings (SSSR count). The van der Waals surface area contributed by atoms with Crippen LogP contribution in [0, 0.1) is 17.7 Å².